The van der Waals surface area contributed by atoms with Gasteiger partial charge in [0, 0.05) is 17.7 Å². The highest BCUT2D eigenvalue weighted by Crippen LogP contribution is 2.26. The van der Waals surface area contributed by atoms with Gasteiger partial charge in [0.25, 0.3) is 12.3 Å². The van der Waals surface area contributed by atoms with Crippen molar-refractivity contribution < 1.29 is 35.9 Å². The van der Waals surface area contributed by atoms with Crippen LogP contribution in [0.15, 0.2) is 24.4 Å². The molecule has 29 heavy (non-hydrogen) atoms. The van der Waals surface area contributed by atoms with E-state index < -0.39 is 36.8 Å². The number of fused-ring (bicyclic) bond motifs is 1. The van der Waals surface area contributed by atoms with Gasteiger partial charge in [0.1, 0.15) is 5.82 Å². The monoisotopic (exact) mass is 421 g/mol. The maximum atomic E-state index is 13.7. The molecule has 7 nitrogen and oxygen atoms in total. The summed E-state index contributed by atoms with van der Waals surface area (Å²) in [5.74, 6) is -2.94. The molecule has 0 unspecified atom stereocenters. The summed E-state index contributed by atoms with van der Waals surface area (Å²) in [6.07, 6.45) is -6.38. The van der Waals surface area contributed by atoms with Gasteiger partial charge in [-0.3, -0.25) is 4.79 Å². The molecule has 0 aliphatic carbocycles. The maximum absolute atomic E-state index is 13.7. The van der Waals surface area contributed by atoms with Crippen LogP contribution in [0.4, 0.5) is 26.3 Å². The molecule has 0 bridgehead atoms. The number of nitrogens with zero attached hydrogens (tertiary/aromatic N) is 4. The number of alkyl halides is 5. The van der Waals surface area contributed by atoms with Crippen molar-refractivity contribution in [3.63, 3.8) is 0 Å². The van der Waals surface area contributed by atoms with Crippen LogP contribution >= 0.6 is 0 Å². The molecule has 2 aromatic heterocycles. The normalized spacial score (nSPS) is 12.0. The van der Waals surface area contributed by atoms with E-state index in [1.165, 1.54) is 17.7 Å². The van der Waals surface area contributed by atoms with Crippen LogP contribution in [0.2, 0.25) is 0 Å². The summed E-state index contributed by atoms with van der Waals surface area (Å²) in [7, 11) is 0. The van der Waals surface area contributed by atoms with Crippen molar-refractivity contribution in [2.24, 2.45) is 0 Å². The molecule has 0 aliphatic heterocycles. The fourth-order valence-electron chi connectivity index (χ4n) is 2.67. The van der Waals surface area contributed by atoms with Crippen LogP contribution in [0.1, 0.15) is 21.7 Å². The van der Waals surface area contributed by atoms with E-state index in [-0.39, 0.29) is 17.8 Å². The molecule has 1 amide bonds. The van der Waals surface area contributed by atoms with Gasteiger partial charge in [0.15, 0.2) is 17.2 Å². The van der Waals surface area contributed by atoms with Crippen LogP contribution < -0.4 is 10.1 Å². The summed E-state index contributed by atoms with van der Waals surface area (Å²) in [6.45, 7) is 0.750. The minimum absolute atomic E-state index is 0.154. The standard InChI is InChI=1S/C16H13F6N5O2/c1-8-25-27-15(26(8)7-13(18)19)10(6-24-27)5-23-14(28)9-2-3-12(11(17)4-9)29-16(20,21)22/h2-4,6,13H,5,7H2,1H3,(H,23,28). The van der Waals surface area contributed by atoms with Crippen molar-refractivity contribution in [1.82, 2.24) is 24.7 Å². The Balaban J connectivity index is 1.75. The quantitative estimate of drug-likeness (QED) is 0.621. The van der Waals surface area contributed by atoms with E-state index in [2.05, 4.69) is 20.3 Å². The van der Waals surface area contributed by atoms with Crippen LogP contribution in [-0.2, 0) is 13.1 Å². The Morgan fingerprint density at radius 3 is 2.66 bits per heavy atom. The number of aryl methyl sites for hydroxylation is 1. The van der Waals surface area contributed by atoms with Crippen LogP contribution in [-0.4, -0.2) is 38.1 Å². The zero-order chi connectivity index (χ0) is 21.3. The van der Waals surface area contributed by atoms with Crippen molar-refractivity contribution in [3.05, 3.63) is 47.2 Å². The molecule has 3 aromatic rings. The highest BCUT2D eigenvalue weighted by Gasteiger charge is 2.32. The smallest absolute Gasteiger partial charge is 0.403 e. The number of rotatable bonds is 6. The highest BCUT2D eigenvalue weighted by molar-refractivity contribution is 5.94. The number of ether oxygens (including phenoxy) is 1. The molecule has 3 rings (SSSR count). The second-order valence-corrected chi connectivity index (χ2v) is 5.91. The van der Waals surface area contributed by atoms with Crippen LogP contribution in [0.5, 0.6) is 5.75 Å². The van der Waals surface area contributed by atoms with Crippen molar-refractivity contribution in [3.8, 4) is 5.75 Å². The summed E-state index contributed by atoms with van der Waals surface area (Å²) >= 11 is 0. The predicted molar refractivity (Wildman–Crippen MR) is 86.0 cm³/mol. The molecule has 13 heteroatoms. The number of carbonyl (C=O) groups excluding carboxylic acids is 1. The lowest BCUT2D eigenvalue weighted by Crippen LogP contribution is -2.23. The molecule has 1 N–H and O–H groups in total. The summed E-state index contributed by atoms with van der Waals surface area (Å²) < 4.78 is 81.7. The average Bonchev–Trinajstić information content (AvgIpc) is 3.13. The summed E-state index contributed by atoms with van der Waals surface area (Å²) in [6, 6.07) is 2.23. The van der Waals surface area contributed by atoms with Crippen molar-refractivity contribution in [1.29, 1.82) is 0 Å². The lowest BCUT2D eigenvalue weighted by molar-refractivity contribution is -0.275. The zero-order valence-corrected chi connectivity index (χ0v) is 14.7. The van der Waals surface area contributed by atoms with Gasteiger partial charge in [0.2, 0.25) is 0 Å². The molecule has 0 aliphatic rings. The van der Waals surface area contributed by atoms with Crippen LogP contribution in [0.3, 0.4) is 0 Å². The van der Waals surface area contributed by atoms with Gasteiger partial charge in [0.05, 0.1) is 12.7 Å². The molecule has 0 atom stereocenters. The van der Waals surface area contributed by atoms with Gasteiger partial charge >= 0.3 is 6.36 Å². The molecule has 156 valence electrons. The van der Waals surface area contributed by atoms with Gasteiger partial charge in [-0.2, -0.15) is 5.10 Å². The van der Waals surface area contributed by atoms with Crippen LogP contribution in [0, 0.1) is 12.7 Å². The number of amides is 1. The number of halogens is 6. The Bertz CT molecular complexity index is 1040. The van der Waals surface area contributed by atoms with E-state index in [1.54, 1.807) is 0 Å². The summed E-state index contributed by atoms with van der Waals surface area (Å²) in [4.78, 5) is 12.2. The fraction of sp³-hybridized carbons (Fsp3) is 0.312. The van der Waals surface area contributed by atoms with Gasteiger partial charge in [-0.05, 0) is 25.1 Å². The zero-order valence-electron chi connectivity index (χ0n) is 14.7. The number of hydrogen-bond donors (Lipinski definition) is 1. The Hall–Kier alpha value is -3.25. The number of hydrogen-bond acceptors (Lipinski definition) is 4. The molecular formula is C16H13F6N5O2. The first-order valence-corrected chi connectivity index (χ1v) is 8.07. The molecular weight excluding hydrogens is 408 g/mol. The first kappa shape index (κ1) is 20.5. The largest absolute Gasteiger partial charge is 0.573 e. The van der Waals surface area contributed by atoms with Crippen LogP contribution in [0.25, 0.3) is 5.65 Å². The van der Waals surface area contributed by atoms with E-state index >= 15 is 0 Å². The molecule has 0 saturated carbocycles. The average molecular weight is 421 g/mol. The summed E-state index contributed by atoms with van der Waals surface area (Å²) in [5.41, 5.74) is 0.373. The Labute approximate surface area is 158 Å². The lowest BCUT2D eigenvalue weighted by Gasteiger charge is -2.11. The Morgan fingerprint density at radius 1 is 1.31 bits per heavy atom. The van der Waals surface area contributed by atoms with Crippen molar-refractivity contribution in [2.75, 3.05) is 0 Å². The third-order valence-electron chi connectivity index (χ3n) is 3.87. The summed E-state index contributed by atoms with van der Waals surface area (Å²) in [5, 5.41) is 10.3. The van der Waals surface area contributed by atoms with Gasteiger partial charge in [-0.25, -0.2) is 13.2 Å². The molecule has 0 fully saturated rings. The van der Waals surface area contributed by atoms with E-state index in [0.29, 0.717) is 23.5 Å². The maximum Gasteiger partial charge on any atom is 0.573 e. The van der Waals surface area contributed by atoms with Crippen molar-refractivity contribution in [2.45, 2.75) is 32.8 Å². The molecule has 2 heterocycles. The van der Waals surface area contributed by atoms with Gasteiger partial charge in [-0.15, -0.1) is 22.9 Å². The third-order valence-corrected chi connectivity index (χ3v) is 3.87. The second-order valence-electron chi connectivity index (χ2n) is 5.91. The van der Waals surface area contributed by atoms with E-state index in [4.69, 9.17) is 0 Å². The minimum atomic E-state index is -5.07. The highest BCUT2D eigenvalue weighted by atomic mass is 19.4. The molecule has 0 radical (unpaired) electrons. The first-order chi connectivity index (χ1) is 13.5. The molecule has 0 spiro atoms. The number of carbonyl (C=O) groups is 1. The minimum Gasteiger partial charge on any atom is -0.403 e. The Morgan fingerprint density at radius 2 is 2.03 bits per heavy atom. The first-order valence-electron chi connectivity index (χ1n) is 8.07. The SMILES string of the molecule is Cc1nn2ncc(CNC(=O)c3ccc(OC(F)(F)F)c(F)c3)c2n1CC(F)F. The lowest BCUT2D eigenvalue weighted by atomic mass is 10.2. The fourth-order valence-corrected chi connectivity index (χ4v) is 2.67. The van der Waals surface area contributed by atoms with Gasteiger partial charge < -0.3 is 14.6 Å². The topological polar surface area (TPSA) is 73.4 Å². The predicted octanol–water partition coefficient (Wildman–Crippen LogP) is 3.07. The Kier molecular flexibility index (Phi) is 5.40. The van der Waals surface area contributed by atoms with Gasteiger partial charge in [-0.1, -0.05) is 0 Å². The number of benzene rings is 1. The van der Waals surface area contributed by atoms with E-state index in [1.807, 2.05) is 0 Å². The second kappa shape index (κ2) is 7.64. The van der Waals surface area contributed by atoms with E-state index in [9.17, 15) is 31.1 Å². The number of aromatic nitrogens is 4. The van der Waals surface area contributed by atoms with Crippen molar-refractivity contribution >= 4 is 11.6 Å². The third kappa shape index (κ3) is 4.60. The number of nitrogens with one attached hydrogen (secondary N) is 1. The molecule has 0 saturated heterocycles. The van der Waals surface area contributed by atoms with E-state index in [0.717, 1.165) is 10.7 Å². The molecule has 1 aromatic carbocycles.